The number of hydrogen-bond donors (Lipinski definition) is 1. The molecular weight excluding hydrogens is 273 g/mol. The molecule has 5 nitrogen and oxygen atoms in total. The highest BCUT2D eigenvalue weighted by Gasteiger charge is 2.36. The molecule has 19 heavy (non-hydrogen) atoms. The van der Waals surface area contributed by atoms with Crippen molar-refractivity contribution in [3.05, 3.63) is 35.6 Å². The van der Waals surface area contributed by atoms with E-state index in [0.29, 0.717) is 5.56 Å². The number of sulfone groups is 1. The third-order valence-corrected chi connectivity index (χ3v) is 4.68. The van der Waals surface area contributed by atoms with Crippen LogP contribution in [0.3, 0.4) is 0 Å². The highest BCUT2D eigenvalue weighted by Crippen LogP contribution is 2.21. The van der Waals surface area contributed by atoms with Crippen molar-refractivity contribution in [2.75, 3.05) is 18.6 Å². The first-order chi connectivity index (χ1) is 8.91. The number of ether oxygens (including phenoxy) is 1. The number of benzene rings is 1. The van der Waals surface area contributed by atoms with E-state index in [-0.39, 0.29) is 11.5 Å². The molecule has 2 atom stereocenters. The molecule has 0 spiro atoms. The van der Waals surface area contributed by atoms with Crippen molar-refractivity contribution in [2.45, 2.75) is 12.1 Å². The molecule has 1 aromatic rings. The van der Waals surface area contributed by atoms with Gasteiger partial charge in [-0.1, -0.05) is 12.1 Å². The Kier molecular flexibility index (Phi) is 3.86. The molecule has 0 aliphatic carbocycles. The van der Waals surface area contributed by atoms with Crippen LogP contribution in [0.2, 0.25) is 0 Å². The number of carbonyl (C=O) groups excluding carboxylic acids is 1. The van der Waals surface area contributed by atoms with E-state index in [1.165, 1.54) is 31.4 Å². The van der Waals surface area contributed by atoms with E-state index < -0.39 is 33.7 Å². The zero-order valence-electron chi connectivity index (χ0n) is 10.3. The molecule has 1 fully saturated rings. The second-order valence-corrected chi connectivity index (χ2v) is 6.58. The van der Waals surface area contributed by atoms with Crippen LogP contribution in [0.5, 0.6) is 0 Å². The maximum Gasteiger partial charge on any atom is 0.323 e. The molecule has 0 bridgehead atoms. The second-order valence-electron chi connectivity index (χ2n) is 4.42. The Hall–Kier alpha value is -1.47. The molecule has 0 saturated carbocycles. The third-order valence-electron chi connectivity index (χ3n) is 3.00. The Morgan fingerprint density at radius 3 is 2.53 bits per heavy atom. The van der Waals surface area contributed by atoms with Gasteiger partial charge in [-0.3, -0.25) is 10.1 Å². The van der Waals surface area contributed by atoms with E-state index in [4.69, 9.17) is 0 Å². The first-order valence-corrected chi connectivity index (χ1v) is 7.53. The minimum Gasteiger partial charge on any atom is -0.468 e. The highest BCUT2D eigenvalue weighted by molar-refractivity contribution is 7.91. The van der Waals surface area contributed by atoms with Crippen molar-refractivity contribution < 1.29 is 22.3 Å². The summed E-state index contributed by atoms with van der Waals surface area (Å²) in [6, 6.07) is 4.09. The largest absolute Gasteiger partial charge is 0.468 e. The van der Waals surface area contributed by atoms with Crippen LogP contribution in [-0.4, -0.2) is 39.0 Å². The van der Waals surface area contributed by atoms with Crippen molar-refractivity contribution in [2.24, 2.45) is 0 Å². The van der Waals surface area contributed by atoms with Gasteiger partial charge in [0, 0.05) is 6.04 Å². The van der Waals surface area contributed by atoms with Crippen LogP contribution >= 0.6 is 0 Å². The Balaban J connectivity index is 2.25. The quantitative estimate of drug-likeness (QED) is 0.798. The van der Waals surface area contributed by atoms with Gasteiger partial charge in [0.25, 0.3) is 0 Å². The third kappa shape index (κ3) is 3.30. The predicted molar refractivity (Wildman–Crippen MR) is 66.7 cm³/mol. The maximum atomic E-state index is 12.9. The SMILES string of the molecule is COC(=O)C1CS(=O)(=O)CC(c2ccc(F)cc2)N1. The monoisotopic (exact) mass is 287 g/mol. The summed E-state index contributed by atoms with van der Waals surface area (Å²) in [4.78, 5) is 11.5. The van der Waals surface area contributed by atoms with Gasteiger partial charge in [0.1, 0.15) is 11.9 Å². The molecule has 1 aromatic carbocycles. The van der Waals surface area contributed by atoms with Crippen LogP contribution in [0.15, 0.2) is 24.3 Å². The van der Waals surface area contributed by atoms with E-state index >= 15 is 0 Å². The van der Waals surface area contributed by atoms with Gasteiger partial charge in [-0.05, 0) is 17.7 Å². The number of hydrogen-bond acceptors (Lipinski definition) is 5. The number of methoxy groups -OCH3 is 1. The summed E-state index contributed by atoms with van der Waals surface area (Å²) in [6.45, 7) is 0. The number of esters is 1. The number of halogens is 1. The lowest BCUT2D eigenvalue weighted by Gasteiger charge is -2.29. The van der Waals surface area contributed by atoms with E-state index in [2.05, 4.69) is 10.1 Å². The summed E-state index contributed by atoms with van der Waals surface area (Å²) in [5.41, 5.74) is 0.624. The lowest BCUT2D eigenvalue weighted by Crippen LogP contribution is -2.51. The number of nitrogens with one attached hydrogen (secondary N) is 1. The Bertz CT molecular complexity index is 570. The molecular formula is C12H14FNO4S. The van der Waals surface area contributed by atoms with E-state index in [9.17, 15) is 17.6 Å². The number of carbonyl (C=O) groups is 1. The highest BCUT2D eigenvalue weighted by atomic mass is 32.2. The Labute approximate surface area is 110 Å². The topological polar surface area (TPSA) is 72.5 Å². The van der Waals surface area contributed by atoms with Gasteiger partial charge in [0.15, 0.2) is 9.84 Å². The van der Waals surface area contributed by atoms with E-state index in [1.807, 2.05) is 0 Å². The lowest BCUT2D eigenvalue weighted by molar-refractivity contribution is -0.142. The average molecular weight is 287 g/mol. The first-order valence-electron chi connectivity index (χ1n) is 5.71. The molecule has 2 unspecified atom stereocenters. The number of rotatable bonds is 2. The summed E-state index contributed by atoms with van der Waals surface area (Å²) in [5, 5.41) is 2.92. The van der Waals surface area contributed by atoms with Crippen molar-refractivity contribution in [1.82, 2.24) is 5.32 Å². The molecule has 7 heteroatoms. The fourth-order valence-electron chi connectivity index (χ4n) is 2.08. The first kappa shape index (κ1) is 14.0. The lowest BCUT2D eigenvalue weighted by atomic mass is 10.1. The van der Waals surface area contributed by atoms with Gasteiger partial charge in [-0.2, -0.15) is 0 Å². The van der Waals surface area contributed by atoms with Crippen LogP contribution in [0, 0.1) is 5.82 Å². The molecule has 1 aliphatic heterocycles. The fraction of sp³-hybridized carbons (Fsp3) is 0.417. The molecule has 0 aromatic heterocycles. The van der Waals surface area contributed by atoms with Crippen LogP contribution in [0.1, 0.15) is 11.6 Å². The van der Waals surface area contributed by atoms with Crippen LogP contribution < -0.4 is 5.32 Å². The fourth-order valence-corrected chi connectivity index (χ4v) is 3.75. The van der Waals surface area contributed by atoms with Gasteiger partial charge in [0.05, 0.1) is 18.6 Å². The smallest absolute Gasteiger partial charge is 0.323 e. The molecule has 1 N–H and O–H groups in total. The Morgan fingerprint density at radius 1 is 1.32 bits per heavy atom. The molecule has 0 amide bonds. The summed E-state index contributed by atoms with van der Waals surface area (Å²) < 4.78 is 41.0. The van der Waals surface area contributed by atoms with Crippen molar-refractivity contribution >= 4 is 15.8 Å². The van der Waals surface area contributed by atoms with Crippen molar-refractivity contribution in [3.63, 3.8) is 0 Å². The summed E-state index contributed by atoms with van der Waals surface area (Å²) in [5.74, 6) is -1.41. The molecule has 1 saturated heterocycles. The standard InChI is InChI=1S/C12H14FNO4S/c1-18-12(15)11-7-19(16,17)6-10(14-11)8-2-4-9(13)5-3-8/h2-5,10-11,14H,6-7H2,1H3. The average Bonchev–Trinajstić information content (AvgIpc) is 2.36. The molecule has 104 valence electrons. The summed E-state index contributed by atoms with van der Waals surface area (Å²) >= 11 is 0. The van der Waals surface area contributed by atoms with Crippen molar-refractivity contribution in [1.29, 1.82) is 0 Å². The second kappa shape index (κ2) is 5.26. The normalized spacial score (nSPS) is 25.8. The Morgan fingerprint density at radius 2 is 1.95 bits per heavy atom. The van der Waals surface area contributed by atoms with E-state index in [1.54, 1.807) is 0 Å². The van der Waals surface area contributed by atoms with E-state index in [0.717, 1.165) is 0 Å². The summed E-state index contributed by atoms with van der Waals surface area (Å²) in [6.07, 6.45) is 0. The van der Waals surface area contributed by atoms with Gasteiger partial charge in [0.2, 0.25) is 0 Å². The molecule has 1 aliphatic rings. The summed E-state index contributed by atoms with van der Waals surface area (Å²) in [7, 11) is -2.15. The molecule has 1 heterocycles. The van der Waals surface area contributed by atoms with Crippen LogP contribution in [-0.2, 0) is 19.4 Å². The van der Waals surface area contributed by atoms with Gasteiger partial charge >= 0.3 is 5.97 Å². The van der Waals surface area contributed by atoms with Gasteiger partial charge in [-0.15, -0.1) is 0 Å². The predicted octanol–water partition coefficient (Wildman–Crippen LogP) is 0.426. The zero-order chi connectivity index (χ0) is 14.0. The minimum absolute atomic E-state index is 0.119. The maximum absolute atomic E-state index is 12.9. The van der Waals surface area contributed by atoms with Gasteiger partial charge < -0.3 is 4.74 Å². The van der Waals surface area contributed by atoms with Gasteiger partial charge in [-0.25, -0.2) is 12.8 Å². The van der Waals surface area contributed by atoms with Crippen LogP contribution in [0.25, 0.3) is 0 Å². The zero-order valence-corrected chi connectivity index (χ0v) is 11.1. The minimum atomic E-state index is -3.35. The molecule has 2 rings (SSSR count). The van der Waals surface area contributed by atoms with Crippen molar-refractivity contribution in [3.8, 4) is 0 Å². The van der Waals surface area contributed by atoms with Crippen LogP contribution in [0.4, 0.5) is 4.39 Å². The molecule has 0 radical (unpaired) electrons.